The molecule has 2 aromatic rings. The summed E-state index contributed by atoms with van der Waals surface area (Å²) in [5.74, 6) is -2.60. The van der Waals surface area contributed by atoms with Crippen LogP contribution in [0.1, 0.15) is 32.2 Å². The SMILES string of the molecule is CN1C(=O)C(C(=O)c2ccccc2)c2ccc(C(=O)O)cc21. The molecule has 0 saturated carbocycles. The van der Waals surface area contributed by atoms with E-state index in [9.17, 15) is 14.4 Å². The highest BCUT2D eigenvalue weighted by Gasteiger charge is 2.40. The van der Waals surface area contributed by atoms with Gasteiger partial charge in [-0.25, -0.2) is 4.79 Å². The molecule has 0 radical (unpaired) electrons. The van der Waals surface area contributed by atoms with Gasteiger partial charge in [0.25, 0.3) is 0 Å². The van der Waals surface area contributed by atoms with Crippen LogP contribution in [0.5, 0.6) is 0 Å². The van der Waals surface area contributed by atoms with Crippen molar-refractivity contribution in [3.63, 3.8) is 0 Å². The first-order valence-corrected chi connectivity index (χ1v) is 6.75. The Balaban J connectivity index is 2.07. The first-order valence-electron chi connectivity index (χ1n) is 6.75. The van der Waals surface area contributed by atoms with Crippen LogP contribution in [-0.2, 0) is 4.79 Å². The molecule has 1 unspecified atom stereocenters. The Morgan fingerprint density at radius 3 is 2.36 bits per heavy atom. The Bertz CT molecular complexity index is 783. The molecule has 1 N–H and O–H groups in total. The van der Waals surface area contributed by atoms with Crippen LogP contribution < -0.4 is 4.90 Å². The van der Waals surface area contributed by atoms with E-state index in [2.05, 4.69) is 0 Å². The van der Waals surface area contributed by atoms with Crippen molar-refractivity contribution in [1.29, 1.82) is 0 Å². The zero-order chi connectivity index (χ0) is 15.9. The number of Topliss-reactive ketones (excluding diaryl/α,β-unsaturated/α-hetero) is 1. The van der Waals surface area contributed by atoms with Gasteiger partial charge in [0.1, 0.15) is 5.92 Å². The van der Waals surface area contributed by atoms with Crippen LogP contribution in [0.4, 0.5) is 5.69 Å². The summed E-state index contributed by atoms with van der Waals surface area (Å²) in [6.45, 7) is 0. The number of carbonyl (C=O) groups excluding carboxylic acids is 2. The number of hydrogen-bond acceptors (Lipinski definition) is 3. The molecule has 0 saturated heterocycles. The van der Waals surface area contributed by atoms with Gasteiger partial charge < -0.3 is 10.0 Å². The van der Waals surface area contributed by atoms with Crippen molar-refractivity contribution in [3.8, 4) is 0 Å². The predicted octanol–water partition coefficient (Wildman–Crippen LogP) is 2.33. The maximum atomic E-state index is 12.6. The fourth-order valence-corrected chi connectivity index (χ4v) is 2.68. The van der Waals surface area contributed by atoms with Crippen LogP contribution in [0.25, 0.3) is 0 Å². The van der Waals surface area contributed by atoms with Crippen molar-refractivity contribution in [2.24, 2.45) is 0 Å². The molecule has 0 bridgehead atoms. The molecule has 0 spiro atoms. The van der Waals surface area contributed by atoms with Crippen LogP contribution in [0.2, 0.25) is 0 Å². The Morgan fingerprint density at radius 2 is 1.73 bits per heavy atom. The maximum Gasteiger partial charge on any atom is 0.335 e. The molecular formula is C17H13NO4. The number of ketones is 1. The topological polar surface area (TPSA) is 74.7 Å². The third-order valence-electron chi connectivity index (χ3n) is 3.85. The summed E-state index contributed by atoms with van der Waals surface area (Å²) in [6.07, 6.45) is 0. The van der Waals surface area contributed by atoms with Gasteiger partial charge in [-0.1, -0.05) is 36.4 Å². The lowest BCUT2D eigenvalue weighted by atomic mass is 9.91. The molecule has 1 aliphatic heterocycles. The molecule has 1 atom stereocenters. The predicted molar refractivity (Wildman–Crippen MR) is 80.3 cm³/mol. The van der Waals surface area contributed by atoms with E-state index in [-0.39, 0.29) is 17.3 Å². The largest absolute Gasteiger partial charge is 0.478 e. The van der Waals surface area contributed by atoms with Gasteiger partial charge in [-0.15, -0.1) is 0 Å². The smallest absolute Gasteiger partial charge is 0.335 e. The molecule has 1 amide bonds. The summed E-state index contributed by atoms with van der Waals surface area (Å²) in [5.41, 5.74) is 1.57. The summed E-state index contributed by atoms with van der Waals surface area (Å²) in [6, 6.07) is 13.0. The summed E-state index contributed by atoms with van der Waals surface area (Å²) in [4.78, 5) is 37.4. The molecule has 1 heterocycles. The van der Waals surface area contributed by atoms with Crippen LogP contribution in [0, 0.1) is 0 Å². The first kappa shape index (κ1) is 14.0. The summed E-state index contributed by atoms with van der Waals surface area (Å²) in [7, 11) is 1.55. The van der Waals surface area contributed by atoms with E-state index in [1.165, 1.54) is 17.0 Å². The Morgan fingerprint density at radius 1 is 1.05 bits per heavy atom. The number of carboxylic acid groups (broad SMARTS) is 1. The van der Waals surface area contributed by atoms with E-state index < -0.39 is 11.9 Å². The van der Waals surface area contributed by atoms with Gasteiger partial charge in [0, 0.05) is 18.3 Å². The summed E-state index contributed by atoms with van der Waals surface area (Å²) >= 11 is 0. The van der Waals surface area contributed by atoms with Crippen LogP contribution in [0.3, 0.4) is 0 Å². The van der Waals surface area contributed by atoms with Crippen molar-refractivity contribution in [2.75, 3.05) is 11.9 Å². The van der Waals surface area contributed by atoms with E-state index in [1.807, 2.05) is 0 Å². The molecule has 5 nitrogen and oxygen atoms in total. The fraction of sp³-hybridized carbons (Fsp3) is 0.118. The number of nitrogens with zero attached hydrogens (tertiary/aromatic N) is 1. The van der Waals surface area contributed by atoms with Crippen molar-refractivity contribution in [3.05, 3.63) is 65.2 Å². The van der Waals surface area contributed by atoms with Gasteiger partial charge in [-0.2, -0.15) is 0 Å². The number of likely N-dealkylation sites (N-methyl/N-ethyl adjacent to an activating group) is 1. The minimum atomic E-state index is -1.07. The number of aromatic carboxylic acids is 1. The molecular weight excluding hydrogens is 282 g/mol. The third-order valence-corrected chi connectivity index (χ3v) is 3.85. The summed E-state index contributed by atoms with van der Waals surface area (Å²) < 4.78 is 0. The average molecular weight is 295 g/mol. The Labute approximate surface area is 126 Å². The molecule has 110 valence electrons. The Kier molecular flexibility index (Phi) is 3.25. The monoisotopic (exact) mass is 295 g/mol. The van der Waals surface area contributed by atoms with Gasteiger partial charge >= 0.3 is 5.97 Å². The second kappa shape index (κ2) is 5.11. The average Bonchev–Trinajstić information content (AvgIpc) is 2.78. The number of carbonyl (C=O) groups is 3. The fourth-order valence-electron chi connectivity index (χ4n) is 2.68. The van der Waals surface area contributed by atoms with E-state index in [4.69, 9.17) is 5.11 Å². The van der Waals surface area contributed by atoms with Crippen LogP contribution >= 0.6 is 0 Å². The van der Waals surface area contributed by atoms with Gasteiger partial charge in [0.2, 0.25) is 5.91 Å². The van der Waals surface area contributed by atoms with Crippen molar-refractivity contribution >= 4 is 23.3 Å². The maximum absolute atomic E-state index is 12.6. The summed E-state index contributed by atoms with van der Waals surface area (Å²) in [5, 5.41) is 9.05. The van der Waals surface area contributed by atoms with E-state index in [0.717, 1.165) is 0 Å². The molecule has 0 fully saturated rings. The van der Waals surface area contributed by atoms with Gasteiger partial charge in [-0.05, 0) is 17.7 Å². The minimum Gasteiger partial charge on any atom is -0.478 e. The minimum absolute atomic E-state index is 0.0891. The number of amides is 1. The van der Waals surface area contributed by atoms with Crippen molar-refractivity contribution in [2.45, 2.75) is 5.92 Å². The number of fused-ring (bicyclic) bond motifs is 1. The molecule has 5 heteroatoms. The lowest BCUT2D eigenvalue weighted by Crippen LogP contribution is -2.28. The van der Waals surface area contributed by atoms with E-state index >= 15 is 0 Å². The number of benzene rings is 2. The molecule has 3 rings (SSSR count). The molecule has 0 aliphatic carbocycles. The van der Waals surface area contributed by atoms with E-state index in [1.54, 1.807) is 43.4 Å². The highest BCUT2D eigenvalue weighted by atomic mass is 16.4. The van der Waals surface area contributed by atoms with Gasteiger partial charge in [0.15, 0.2) is 5.78 Å². The molecule has 22 heavy (non-hydrogen) atoms. The first-order chi connectivity index (χ1) is 10.5. The standard InChI is InChI=1S/C17H13NO4/c1-18-13-9-11(17(21)22)7-8-12(13)14(16(18)20)15(19)10-5-3-2-4-6-10/h2-9,14H,1H3,(H,21,22). The lowest BCUT2D eigenvalue weighted by molar-refractivity contribution is -0.118. The molecule has 2 aromatic carbocycles. The third kappa shape index (κ3) is 2.07. The normalized spacial score (nSPS) is 16.5. The van der Waals surface area contributed by atoms with Gasteiger partial charge in [0.05, 0.1) is 5.56 Å². The molecule has 1 aliphatic rings. The highest BCUT2D eigenvalue weighted by molar-refractivity contribution is 6.22. The number of rotatable bonds is 3. The van der Waals surface area contributed by atoms with E-state index in [0.29, 0.717) is 16.8 Å². The lowest BCUT2D eigenvalue weighted by Gasteiger charge is -2.10. The number of hydrogen-bond donors (Lipinski definition) is 1. The van der Waals surface area contributed by atoms with Crippen molar-refractivity contribution < 1.29 is 19.5 Å². The highest BCUT2D eigenvalue weighted by Crippen LogP contribution is 2.38. The quantitative estimate of drug-likeness (QED) is 0.696. The second-order valence-corrected chi connectivity index (χ2v) is 5.14. The second-order valence-electron chi connectivity index (χ2n) is 5.14. The number of anilines is 1. The zero-order valence-electron chi connectivity index (χ0n) is 11.8. The van der Waals surface area contributed by atoms with Crippen molar-refractivity contribution in [1.82, 2.24) is 0 Å². The number of carboxylic acids is 1. The molecule has 0 aromatic heterocycles. The van der Waals surface area contributed by atoms with Crippen LogP contribution in [-0.4, -0.2) is 29.8 Å². The van der Waals surface area contributed by atoms with Gasteiger partial charge in [-0.3, -0.25) is 9.59 Å². The zero-order valence-corrected chi connectivity index (χ0v) is 11.8. The van der Waals surface area contributed by atoms with Crippen LogP contribution in [0.15, 0.2) is 48.5 Å². The Hall–Kier alpha value is -2.95.